The average Bonchev–Trinajstić information content (AvgIpc) is 2.92. The quantitative estimate of drug-likeness (QED) is 0.929. The van der Waals surface area contributed by atoms with Crippen LogP contribution in [0.3, 0.4) is 0 Å². The highest BCUT2D eigenvalue weighted by Crippen LogP contribution is 2.34. The number of carbonyl (C=O) groups is 1. The molecule has 1 amide bonds. The van der Waals surface area contributed by atoms with E-state index < -0.39 is 0 Å². The minimum absolute atomic E-state index is 0.00190. The molecule has 2 aliphatic rings. The van der Waals surface area contributed by atoms with Gasteiger partial charge >= 0.3 is 0 Å². The fourth-order valence-electron chi connectivity index (χ4n) is 3.34. The molecule has 0 saturated carbocycles. The number of benzene rings is 1. The van der Waals surface area contributed by atoms with Crippen molar-refractivity contribution in [3.63, 3.8) is 0 Å². The number of halogens is 1. The van der Waals surface area contributed by atoms with Gasteiger partial charge in [-0.1, -0.05) is 29.8 Å². The fourth-order valence-corrected chi connectivity index (χ4v) is 3.53. The summed E-state index contributed by atoms with van der Waals surface area (Å²) in [4.78, 5) is 14.1. The van der Waals surface area contributed by atoms with Crippen molar-refractivity contribution in [2.45, 2.75) is 31.6 Å². The number of likely N-dealkylation sites (tertiary alicyclic amines) is 1. The Morgan fingerprint density at radius 1 is 1.48 bits per heavy atom. The van der Waals surface area contributed by atoms with Gasteiger partial charge in [0.05, 0.1) is 6.10 Å². The van der Waals surface area contributed by atoms with Gasteiger partial charge in [0.2, 0.25) is 5.91 Å². The van der Waals surface area contributed by atoms with Gasteiger partial charge in [0.1, 0.15) is 6.10 Å². The predicted molar refractivity (Wildman–Crippen MR) is 82.2 cm³/mol. The molecule has 0 radical (unpaired) electrons. The minimum Gasteiger partial charge on any atom is -0.364 e. The molecule has 5 heteroatoms. The van der Waals surface area contributed by atoms with Crippen molar-refractivity contribution < 1.29 is 9.53 Å². The van der Waals surface area contributed by atoms with Crippen LogP contribution >= 0.6 is 11.6 Å². The molecule has 1 N–H and O–H groups in total. The van der Waals surface area contributed by atoms with Gasteiger partial charge in [-0.2, -0.15) is 0 Å². The highest BCUT2D eigenvalue weighted by Gasteiger charge is 2.41. The van der Waals surface area contributed by atoms with Crippen molar-refractivity contribution in [2.24, 2.45) is 5.92 Å². The standard InChI is InChI=1S/C16H21ClN2O2/c1-18-16(20)14-8-11-6-7-19(10-15(11)21-14)9-12-4-2-3-5-13(12)17/h2-5,11,14-15H,6-10H2,1H3,(H,18,20)/t11-,14+,15+/m0/s1. The molecule has 0 aromatic heterocycles. The molecule has 2 fully saturated rings. The van der Waals surface area contributed by atoms with Crippen LogP contribution in [0.2, 0.25) is 5.02 Å². The van der Waals surface area contributed by atoms with E-state index in [1.807, 2.05) is 18.2 Å². The number of rotatable bonds is 3. The summed E-state index contributed by atoms with van der Waals surface area (Å²) in [6, 6.07) is 7.96. The Kier molecular flexibility index (Phi) is 4.48. The Morgan fingerprint density at radius 3 is 3.05 bits per heavy atom. The van der Waals surface area contributed by atoms with E-state index in [9.17, 15) is 4.79 Å². The lowest BCUT2D eigenvalue weighted by molar-refractivity contribution is -0.132. The van der Waals surface area contributed by atoms with Crippen LogP contribution in [0.25, 0.3) is 0 Å². The fraction of sp³-hybridized carbons (Fsp3) is 0.562. The molecule has 4 nitrogen and oxygen atoms in total. The normalized spacial score (nSPS) is 29.1. The maximum Gasteiger partial charge on any atom is 0.248 e. The maximum atomic E-state index is 11.7. The van der Waals surface area contributed by atoms with Crippen molar-refractivity contribution in [1.82, 2.24) is 10.2 Å². The van der Waals surface area contributed by atoms with Gasteiger partial charge in [-0.25, -0.2) is 0 Å². The second-order valence-corrected chi connectivity index (χ2v) is 6.30. The molecule has 21 heavy (non-hydrogen) atoms. The van der Waals surface area contributed by atoms with E-state index in [2.05, 4.69) is 16.3 Å². The number of ether oxygens (including phenoxy) is 1. The molecule has 3 rings (SSSR count). The number of fused-ring (bicyclic) bond motifs is 1. The zero-order valence-corrected chi connectivity index (χ0v) is 13.0. The van der Waals surface area contributed by atoms with E-state index in [0.29, 0.717) is 5.92 Å². The van der Waals surface area contributed by atoms with Crippen molar-refractivity contribution in [3.8, 4) is 0 Å². The summed E-state index contributed by atoms with van der Waals surface area (Å²) in [5, 5.41) is 3.50. The van der Waals surface area contributed by atoms with E-state index in [4.69, 9.17) is 16.3 Å². The molecular weight excluding hydrogens is 288 g/mol. The average molecular weight is 309 g/mol. The van der Waals surface area contributed by atoms with E-state index >= 15 is 0 Å². The second kappa shape index (κ2) is 6.34. The Bertz CT molecular complexity index is 523. The van der Waals surface area contributed by atoms with Gasteiger partial charge in [0.25, 0.3) is 0 Å². The molecule has 1 aromatic rings. The lowest BCUT2D eigenvalue weighted by Crippen LogP contribution is -2.42. The van der Waals surface area contributed by atoms with Gasteiger partial charge in [-0.3, -0.25) is 9.69 Å². The number of carbonyl (C=O) groups excluding carboxylic acids is 1. The molecule has 3 atom stereocenters. The summed E-state index contributed by atoms with van der Waals surface area (Å²) >= 11 is 6.23. The summed E-state index contributed by atoms with van der Waals surface area (Å²) in [6.07, 6.45) is 1.83. The third-order valence-electron chi connectivity index (χ3n) is 4.53. The first-order valence-electron chi connectivity index (χ1n) is 7.50. The number of amides is 1. The Morgan fingerprint density at radius 2 is 2.29 bits per heavy atom. The van der Waals surface area contributed by atoms with Gasteiger partial charge in [0, 0.05) is 25.2 Å². The zero-order valence-electron chi connectivity index (χ0n) is 12.2. The van der Waals surface area contributed by atoms with Crippen LogP contribution in [0.1, 0.15) is 18.4 Å². The van der Waals surface area contributed by atoms with E-state index in [1.165, 1.54) is 0 Å². The van der Waals surface area contributed by atoms with Crippen molar-refractivity contribution in [2.75, 3.05) is 20.1 Å². The number of hydrogen-bond acceptors (Lipinski definition) is 3. The van der Waals surface area contributed by atoms with Crippen molar-refractivity contribution in [1.29, 1.82) is 0 Å². The van der Waals surface area contributed by atoms with Crippen LogP contribution in [0.4, 0.5) is 0 Å². The number of piperidine rings is 1. The molecule has 0 aliphatic carbocycles. The number of nitrogens with zero attached hydrogens (tertiary/aromatic N) is 1. The monoisotopic (exact) mass is 308 g/mol. The third-order valence-corrected chi connectivity index (χ3v) is 4.90. The summed E-state index contributed by atoms with van der Waals surface area (Å²) in [6.45, 7) is 2.76. The topological polar surface area (TPSA) is 41.6 Å². The van der Waals surface area contributed by atoms with E-state index in [0.717, 1.165) is 43.1 Å². The van der Waals surface area contributed by atoms with Crippen LogP contribution in [-0.4, -0.2) is 43.2 Å². The van der Waals surface area contributed by atoms with Gasteiger partial charge < -0.3 is 10.1 Å². The van der Waals surface area contributed by atoms with Gasteiger partial charge in [-0.05, 0) is 36.9 Å². The van der Waals surface area contributed by atoms with Crippen LogP contribution in [0.15, 0.2) is 24.3 Å². The molecule has 0 unspecified atom stereocenters. The molecule has 0 spiro atoms. The largest absolute Gasteiger partial charge is 0.364 e. The molecule has 2 saturated heterocycles. The van der Waals surface area contributed by atoms with Crippen molar-refractivity contribution in [3.05, 3.63) is 34.9 Å². The second-order valence-electron chi connectivity index (χ2n) is 5.89. The van der Waals surface area contributed by atoms with Crippen LogP contribution in [0.5, 0.6) is 0 Å². The Hall–Kier alpha value is -1.10. The van der Waals surface area contributed by atoms with E-state index in [-0.39, 0.29) is 18.1 Å². The van der Waals surface area contributed by atoms with Crippen LogP contribution in [0, 0.1) is 5.92 Å². The minimum atomic E-state index is -0.273. The zero-order chi connectivity index (χ0) is 14.8. The molecule has 2 aliphatic heterocycles. The summed E-state index contributed by atoms with van der Waals surface area (Å²) < 4.78 is 5.93. The molecule has 0 bridgehead atoms. The lowest BCUT2D eigenvalue weighted by Gasteiger charge is -2.34. The van der Waals surface area contributed by atoms with Crippen molar-refractivity contribution >= 4 is 17.5 Å². The van der Waals surface area contributed by atoms with Gasteiger partial charge in [0.15, 0.2) is 0 Å². The molecule has 2 heterocycles. The first-order chi connectivity index (χ1) is 10.2. The summed E-state index contributed by atoms with van der Waals surface area (Å²) in [7, 11) is 1.66. The lowest BCUT2D eigenvalue weighted by atomic mass is 9.91. The predicted octanol–water partition coefficient (Wildman–Crippen LogP) is 2.07. The molecular formula is C16H21ClN2O2. The van der Waals surface area contributed by atoms with Crippen LogP contribution < -0.4 is 5.32 Å². The first kappa shape index (κ1) is 14.8. The third kappa shape index (κ3) is 3.23. The Balaban J connectivity index is 1.60. The number of nitrogens with one attached hydrogen (secondary N) is 1. The number of hydrogen-bond donors (Lipinski definition) is 1. The Labute approximate surface area is 130 Å². The maximum absolute atomic E-state index is 11.7. The summed E-state index contributed by atoms with van der Waals surface area (Å²) in [5.74, 6) is 0.511. The summed E-state index contributed by atoms with van der Waals surface area (Å²) in [5.41, 5.74) is 1.15. The highest BCUT2D eigenvalue weighted by atomic mass is 35.5. The SMILES string of the molecule is CNC(=O)[C@H]1C[C@@H]2CCN(Cc3ccccc3Cl)C[C@H]2O1. The number of likely N-dealkylation sites (N-methyl/N-ethyl adjacent to an activating group) is 1. The smallest absolute Gasteiger partial charge is 0.248 e. The van der Waals surface area contributed by atoms with Gasteiger partial charge in [-0.15, -0.1) is 0 Å². The van der Waals surface area contributed by atoms with E-state index in [1.54, 1.807) is 7.05 Å². The first-order valence-corrected chi connectivity index (χ1v) is 7.88. The van der Waals surface area contributed by atoms with Crippen LogP contribution in [-0.2, 0) is 16.1 Å². The molecule has 114 valence electrons. The highest BCUT2D eigenvalue weighted by molar-refractivity contribution is 6.31. The molecule has 1 aromatic carbocycles.